The van der Waals surface area contributed by atoms with Crippen molar-refractivity contribution >= 4 is 11.0 Å². The van der Waals surface area contributed by atoms with Crippen LogP contribution in [0.15, 0.2) is 12.5 Å². The van der Waals surface area contributed by atoms with Crippen molar-refractivity contribution in [2.24, 2.45) is 0 Å². The molecule has 6 heteroatoms. The number of hydrogen-bond donors (Lipinski definition) is 1. The number of aryl methyl sites for hydroxylation is 1. The Balaban J connectivity index is 1.38. The van der Waals surface area contributed by atoms with Gasteiger partial charge in [-0.25, -0.2) is 9.97 Å². The van der Waals surface area contributed by atoms with Crippen molar-refractivity contribution < 1.29 is 9.47 Å². The Labute approximate surface area is 142 Å². The van der Waals surface area contributed by atoms with Gasteiger partial charge in [-0.1, -0.05) is 0 Å². The van der Waals surface area contributed by atoms with E-state index in [2.05, 4.69) is 33.7 Å². The third kappa shape index (κ3) is 3.13. The molecule has 1 saturated heterocycles. The molecule has 1 aliphatic carbocycles. The van der Waals surface area contributed by atoms with Crippen molar-refractivity contribution in [3.8, 4) is 5.88 Å². The van der Waals surface area contributed by atoms with Crippen molar-refractivity contribution in [2.75, 3.05) is 19.7 Å². The number of nitrogens with zero attached hydrogens (tertiary/aromatic N) is 3. The summed E-state index contributed by atoms with van der Waals surface area (Å²) in [5.41, 5.74) is 1.99. The molecular weight excluding hydrogens is 304 g/mol. The summed E-state index contributed by atoms with van der Waals surface area (Å²) in [6.45, 7) is 7.22. The van der Waals surface area contributed by atoms with E-state index < -0.39 is 0 Å². The summed E-state index contributed by atoms with van der Waals surface area (Å²) in [5, 5.41) is 1.02. The summed E-state index contributed by atoms with van der Waals surface area (Å²) in [6.07, 6.45) is 8.72. The van der Waals surface area contributed by atoms with Crippen LogP contribution in [-0.4, -0.2) is 57.8 Å². The number of fused-ring (bicyclic) bond motifs is 1. The van der Waals surface area contributed by atoms with Crippen LogP contribution in [0.25, 0.3) is 11.0 Å². The first-order valence-corrected chi connectivity index (χ1v) is 9.01. The van der Waals surface area contributed by atoms with E-state index in [1.165, 1.54) is 12.8 Å². The second-order valence-electron chi connectivity index (χ2n) is 7.10. The Bertz CT molecular complexity index is 693. The number of aromatic amines is 1. The zero-order chi connectivity index (χ0) is 16.5. The predicted molar refractivity (Wildman–Crippen MR) is 92.3 cm³/mol. The molecule has 0 aromatic carbocycles. The predicted octanol–water partition coefficient (Wildman–Crippen LogP) is 2.68. The highest BCUT2D eigenvalue weighted by atomic mass is 16.5. The molecule has 130 valence electrons. The summed E-state index contributed by atoms with van der Waals surface area (Å²) in [7, 11) is 0. The lowest BCUT2D eigenvalue weighted by molar-refractivity contribution is -0.0442. The lowest BCUT2D eigenvalue weighted by Gasteiger charge is -2.40. The number of morpholine rings is 1. The Kier molecular flexibility index (Phi) is 4.41. The maximum absolute atomic E-state index is 6.25. The van der Waals surface area contributed by atoms with Crippen LogP contribution in [0.2, 0.25) is 0 Å². The van der Waals surface area contributed by atoms with Crippen LogP contribution in [0.1, 0.15) is 38.2 Å². The first-order chi connectivity index (χ1) is 11.7. The van der Waals surface area contributed by atoms with E-state index in [4.69, 9.17) is 9.47 Å². The molecule has 0 spiro atoms. The average molecular weight is 330 g/mol. The van der Waals surface area contributed by atoms with E-state index in [0.717, 1.165) is 55.0 Å². The van der Waals surface area contributed by atoms with Crippen molar-refractivity contribution in [1.29, 1.82) is 0 Å². The molecule has 3 heterocycles. The Morgan fingerprint density at radius 2 is 2.08 bits per heavy atom. The number of ether oxygens (including phenoxy) is 2. The highest BCUT2D eigenvalue weighted by Crippen LogP contribution is 2.30. The molecule has 0 unspecified atom stereocenters. The molecule has 24 heavy (non-hydrogen) atoms. The molecular formula is C18H26N4O2. The first kappa shape index (κ1) is 15.8. The topological polar surface area (TPSA) is 63.3 Å². The fourth-order valence-electron chi connectivity index (χ4n) is 4.04. The first-order valence-electron chi connectivity index (χ1n) is 9.01. The van der Waals surface area contributed by atoms with Gasteiger partial charge in [-0.3, -0.25) is 4.90 Å². The molecule has 0 radical (unpaired) electrons. The fraction of sp³-hybridized carbons (Fsp3) is 0.667. The molecule has 1 atom stereocenters. The zero-order valence-corrected chi connectivity index (χ0v) is 14.5. The van der Waals surface area contributed by atoms with Gasteiger partial charge in [0.25, 0.3) is 0 Å². The van der Waals surface area contributed by atoms with E-state index in [1.807, 2.05) is 6.20 Å². The summed E-state index contributed by atoms with van der Waals surface area (Å²) < 4.78 is 11.9. The van der Waals surface area contributed by atoms with Crippen LogP contribution in [0.4, 0.5) is 0 Å². The molecule has 2 aromatic rings. The zero-order valence-electron chi connectivity index (χ0n) is 14.5. The lowest BCUT2D eigenvalue weighted by atomic mass is 9.91. The van der Waals surface area contributed by atoms with Gasteiger partial charge in [0.2, 0.25) is 5.88 Å². The smallest absolute Gasteiger partial charge is 0.226 e. The summed E-state index contributed by atoms with van der Waals surface area (Å²) in [6, 6.07) is 0.676. The minimum atomic E-state index is 0.257. The molecule has 2 aromatic heterocycles. The Morgan fingerprint density at radius 3 is 2.88 bits per heavy atom. The van der Waals surface area contributed by atoms with E-state index in [9.17, 15) is 0 Å². The largest absolute Gasteiger partial charge is 0.474 e. The molecule has 1 aliphatic heterocycles. The van der Waals surface area contributed by atoms with Crippen LogP contribution in [0.5, 0.6) is 5.88 Å². The van der Waals surface area contributed by atoms with Gasteiger partial charge >= 0.3 is 0 Å². The molecule has 2 fully saturated rings. The van der Waals surface area contributed by atoms with Crippen LogP contribution in [0.3, 0.4) is 0 Å². The highest BCUT2D eigenvalue weighted by Gasteiger charge is 2.30. The van der Waals surface area contributed by atoms with Gasteiger partial charge in [-0.15, -0.1) is 0 Å². The van der Waals surface area contributed by atoms with E-state index >= 15 is 0 Å². The lowest BCUT2D eigenvalue weighted by Crippen LogP contribution is -2.48. The van der Waals surface area contributed by atoms with Crippen molar-refractivity contribution in [3.63, 3.8) is 0 Å². The molecule has 6 nitrogen and oxygen atoms in total. The molecule has 1 N–H and O–H groups in total. The van der Waals surface area contributed by atoms with Crippen molar-refractivity contribution in [2.45, 2.75) is 57.8 Å². The number of H-pyrrole nitrogens is 1. The molecule has 2 aliphatic rings. The van der Waals surface area contributed by atoms with E-state index in [-0.39, 0.29) is 6.10 Å². The van der Waals surface area contributed by atoms with Crippen molar-refractivity contribution in [3.05, 3.63) is 18.1 Å². The van der Waals surface area contributed by atoms with Crippen LogP contribution >= 0.6 is 0 Å². The summed E-state index contributed by atoms with van der Waals surface area (Å²) in [4.78, 5) is 14.4. The third-order valence-corrected chi connectivity index (χ3v) is 5.34. The SMILES string of the molecule is Cc1c[nH]c2ncnc(OC3CCC(N4CCO[C@@H](C)C4)CC3)c12. The van der Waals surface area contributed by atoms with Crippen LogP contribution in [-0.2, 0) is 4.74 Å². The van der Waals surface area contributed by atoms with Crippen LogP contribution < -0.4 is 4.74 Å². The quantitative estimate of drug-likeness (QED) is 0.937. The molecule has 4 rings (SSSR count). The average Bonchev–Trinajstić information content (AvgIpc) is 2.98. The Morgan fingerprint density at radius 1 is 1.25 bits per heavy atom. The molecule has 1 saturated carbocycles. The monoisotopic (exact) mass is 330 g/mol. The number of aromatic nitrogens is 3. The highest BCUT2D eigenvalue weighted by molar-refractivity contribution is 5.84. The standard InChI is InChI=1S/C18H26N4O2/c1-12-9-19-17-16(12)18(21-11-20-17)24-15-5-3-14(4-6-15)22-7-8-23-13(2)10-22/h9,11,13-15H,3-8,10H2,1-2H3,(H,19,20,21)/t13-,14?,15?/m0/s1. The molecule has 0 amide bonds. The second-order valence-corrected chi connectivity index (χ2v) is 7.10. The summed E-state index contributed by atoms with van der Waals surface area (Å²) in [5.74, 6) is 0.724. The van der Waals surface area contributed by atoms with Crippen molar-refractivity contribution in [1.82, 2.24) is 19.9 Å². The second kappa shape index (κ2) is 6.69. The van der Waals surface area contributed by atoms with Crippen LogP contribution in [0, 0.1) is 6.92 Å². The van der Waals surface area contributed by atoms with Gasteiger partial charge in [-0.2, -0.15) is 0 Å². The van der Waals surface area contributed by atoms with E-state index in [0.29, 0.717) is 12.1 Å². The van der Waals surface area contributed by atoms with Gasteiger partial charge in [0.15, 0.2) is 0 Å². The number of rotatable bonds is 3. The van der Waals surface area contributed by atoms with Gasteiger partial charge in [0.05, 0.1) is 18.1 Å². The van der Waals surface area contributed by atoms with Gasteiger partial charge < -0.3 is 14.5 Å². The maximum Gasteiger partial charge on any atom is 0.226 e. The van der Waals surface area contributed by atoms with E-state index in [1.54, 1.807) is 6.33 Å². The van der Waals surface area contributed by atoms with Gasteiger partial charge in [-0.05, 0) is 45.1 Å². The maximum atomic E-state index is 6.25. The minimum absolute atomic E-state index is 0.257. The third-order valence-electron chi connectivity index (χ3n) is 5.34. The Hall–Kier alpha value is -1.66. The summed E-state index contributed by atoms with van der Waals surface area (Å²) >= 11 is 0. The fourth-order valence-corrected chi connectivity index (χ4v) is 4.04. The minimum Gasteiger partial charge on any atom is -0.474 e. The van der Waals surface area contributed by atoms with Gasteiger partial charge in [0.1, 0.15) is 18.1 Å². The number of nitrogens with one attached hydrogen (secondary N) is 1. The number of hydrogen-bond acceptors (Lipinski definition) is 5. The normalized spacial score (nSPS) is 29.0. The molecule has 0 bridgehead atoms. The van der Waals surface area contributed by atoms with Gasteiger partial charge in [0, 0.05) is 25.3 Å².